The van der Waals surface area contributed by atoms with Crippen molar-refractivity contribution in [1.29, 1.82) is 0 Å². The van der Waals surface area contributed by atoms with Crippen LogP contribution in [0.4, 0.5) is 0 Å². The van der Waals surface area contributed by atoms with Gasteiger partial charge in [0.05, 0.1) is 18.8 Å². The zero-order chi connectivity index (χ0) is 17.1. The molecular formula is C21H36O3. The van der Waals surface area contributed by atoms with Crippen LogP contribution in [-0.4, -0.2) is 36.1 Å². The molecule has 4 fully saturated rings. The lowest BCUT2D eigenvalue weighted by molar-refractivity contribution is -0.153. The summed E-state index contributed by atoms with van der Waals surface area (Å²) in [5, 5.41) is 21.1. The Morgan fingerprint density at radius 2 is 1.71 bits per heavy atom. The van der Waals surface area contributed by atoms with Crippen LogP contribution in [-0.2, 0) is 4.74 Å². The largest absolute Gasteiger partial charge is 0.393 e. The second-order valence-electron chi connectivity index (χ2n) is 10.0. The summed E-state index contributed by atoms with van der Waals surface area (Å²) in [5.41, 5.74) is 0.532. The molecule has 0 aromatic rings. The summed E-state index contributed by atoms with van der Waals surface area (Å²) in [4.78, 5) is 0. The number of ether oxygens (including phenoxy) is 1. The van der Waals surface area contributed by atoms with E-state index in [2.05, 4.69) is 13.8 Å². The van der Waals surface area contributed by atoms with E-state index in [4.69, 9.17) is 4.74 Å². The summed E-state index contributed by atoms with van der Waals surface area (Å²) in [6.45, 7) is 5.58. The van der Waals surface area contributed by atoms with Crippen molar-refractivity contribution in [3.63, 3.8) is 0 Å². The van der Waals surface area contributed by atoms with Crippen molar-refractivity contribution in [2.24, 2.45) is 40.4 Å². The van der Waals surface area contributed by atoms with Crippen LogP contribution >= 0.6 is 0 Å². The number of methoxy groups -OCH3 is 1. The zero-order valence-electron chi connectivity index (χ0n) is 15.7. The van der Waals surface area contributed by atoms with Crippen molar-refractivity contribution in [3.05, 3.63) is 0 Å². The van der Waals surface area contributed by atoms with Crippen LogP contribution < -0.4 is 0 Å². The lowest BCUT2D eigenvalue weighted by Crippen LogP contribution is -2.56. The van der Waals surface area contributed by atoms with Gasteiger partial charge in [0.2, 0.25) is 0 Å². The average molecular weight is 337 g/mol. The summed E-state index contributed by atoms with van der Waals surface area (Å²) in [7, 11) is 1.76. The van der Waals surface area contributed by atoms with Crippen molar-refractivity contribution in [1.82, 2.24) is 0 Å². The number of aliphatic hydroxyl groups is 2. The lowest BCUT2D eigenvalue weighted by atomic mass is 9.44. The highest BCUT2D eigenvalue weighted by Gasteiger charge is 2.60. The van der Waals surface area contributed by atoms with E-state index < -0.39 is 0 Å². The van der Waals surface area contributed by atoms with Gasteiger partial charge in [-0.2, -0.15) is 0 Å². The van der Waals surface area contributed by atoms with E-state index in [1.807, 2.05) is 0 Å². The summed E-state index contributed by atoms with van der Waals surface area (Å²) in [5.74, 6) is 3.28. The van der Waals surface area contributed by atoms with Gasteiger partial charge in [-0.25, -0.2) is 0 Å². The van der Waals surface area contributed by atoms with Crippen molar-refractivity contribution in [3.8, 4) is 0 Å². The smallest absolute Gasteiger partial charge is 0.0596 e. The molecule has 0 unspecified atom stereocenters. The van der Waals surface area contributed by atoms with Gasteiger partial charge in [0.25, 0.3) is 0 Å². The van der Waals surface area contributed by atoms with Gasteiger partial charge in [0.15, 0.2) is 0 Å². The van der Waals surface area contributed by atoms with E-state index in [0.29, 0.717) is 23.9 Å². The molecule has 0 radical (unpaired) electrons. The van der Waals surface area contributed by atoms with Gasteiger partial charge >= 0.3 is 0 Å². The predicted molar refractivity (Wildman–Crippen MR) is 94.5 cm³/mol. The van der Waals surface area contributed by atoms with Crippen LogP contribution in [0.25, 0.3) is 0 Å². The highest BCUT2D eigenvalue weighted by Crippen LogP contribution is 2.66. The summed E-state index contributed by atoms with van der Waals surface area (Å²) in [6, 6.07) is 0. The van der Waals surface area contributed by atoms with Crippen molar-refractivity contribution in [2.75, 3.05) is 13.7 Å². The maximum Gasteiger partial charge on any atom is 0.0596 e. The highest BCUT2D eigenvalue weighted by atomic mass is 16.5. The first-order valence-corrected chi connectivity index (χ1v) is 10.2. The predicted octanol–water partition coefficient (Wildman–Crippen LogP) is 3.62. The van der Waals surface area contributed by atoms with Crippen LogP contribution in [0.3, 0.4) is 0 Å². The normalized spacial score (nSPS) is 57.1. The number of rotatable bonds is 2. The molecule has 4 aliphatic rings. The van der Waals surface area contributed by atoms with E-state index in [1.165, 1.54) is 32.1 Å². The fourth-order valence-corrected chi connectivity index (χ4v) is 7.78. The summed E-state index contributed by atoms with van der Waals surface area (Å²) < 4.78 is 5.42. The topological polar surface area (TPSA) is 49.7 Å². The van der Waals surface area contributed by atoms with E-state index in [0.717, 1.165) is 37.0 Å². The third-order valence-electron chi connectivity index (χ3n) is 9.17. The molecule has 0 heterocycles. The van der Waals surface area contributed by atoms with Gasteiger partial charge in [0, 0.05) is 13.0 Å². The Labute approximate surface area is 147 Å². The van der Waals surface area contributed by atoms with Crippen LogP contribution in [0, 0.1) is 40.4 Å². The molecule has 0 saturated heterocycles. The van der Waals surface area contributed by atoms with Crippen LogP contribution in [0.5, 0.6) is 0 Å². The van der Waals surface area contributed by atoms with Crippen molar-refractivity contribution >= 4 is 0 Å². The Hall–Kier alpha value is -0.120. The van der Waals surface area contributed by atoms with E-state index >= 15 is 0 Å². The number of aliphatic hydroxyl groups excluding tert-OH is 2. The molecule has 4 rings (SSSR count). The van der Waals surface area contributed by atoms with E-state index in [-0.39, 0.29) is 17.6 Å². The quantitative estimate of drug-likeness (QED) is 0.810. The second-order valence-corrected chi connectivity index (χ2v) is 10.0. The number of fused-ring (bicyclic) bond motifs is 5. The van der Waals surface area contributed by atoms with Crippen molar-refractivity contribution < 1.29 is 14.9 Å². The van der Waals surface area contributed by atoms with Crippen LogP contribution in [0.2, 0.25) is 0 Å². The van der Waals surface area contributed by atoms with E-state index in [1.54, 1.807) is 7.11 Å². The minimum atomic E-state index is -0.179. The maximum atomic E-state index is 10.6. The first-order valence-electron chi connectivity index (χ1n) is 10.2. The fraction of sp³-hybridized carbons (Fsp3) is 1.00. The Bertz CT molecular complexity index is 480. The molecule has 138 valence electrons. The molecule has 2 N–H and O–H groups in total. The first-order chi connectivity index (χ1) is 11.4. The molecule has 24 heavy (non-hydrogen) atoms. The van der Waals surface area contributed by atoms with E-state index in [9.17, 15) is 10.2 Å². The summed E-state index contributed by atoms with van der Waals surface area (Å²) >= 11 is 0. The monoisotopic (exact) mass is 336 g/mol. The van der Waals surface area contributed by atoms with Gasteiger partial charge in [0.1, 0.15) is 0 Å². The van der Waals surface area contributed by atoms with Gasteiger partial charge in [-0.3, -0.25) is 0 Å². The molecule has 0 bridgehead atoms. The molecule has 4 saturated carbocycles. The molecule has 0 aromatic heterocycles. The minimum absolute atomic E-state index is 0.0802. The van der Waals surface area contributed by atoms with Crippen LogP contribution in [0.15, 0.2) is 0 Å². The second kappa shape index (κ2) is 5.96. The standard InChI is InChI=1S/C21H36O3/c1-20-9-8-17-15(16(20)6-7-19(20)23)5-4-14-10-18(22)13(12-24-3)11-21(14,17)2/h13-19,22-23H,4-12H2,1-3H3/t13-,14+,15+,16+,17+,18-,19+,20+,21+/m1/s1. The van der Waals surface area contributed by atoms with Crippen molar-refractivity contribution in [2.45, 2.75) is 77.4 Å². The molecule has 0 spiro atoms. The van der Waals surface area contributed by atoms with Crippen LogP contribution in [0.1, 0.15) is 65.2 Å². The molecule has 9 atom stereocenters. The third-order valence-corrected chi connectivity index (χ3v) is 9.17. The Kier molecular flexibility index (Phi) is 4.29. The Balaban J connectivity index is 1.60. The highest BCUT2D eigenvalue weighted by molar-refractivity contribution is 5.10. The Morgan fingerprint density at radius 3 is 2.46 bits per heavy atom. The lowest BCUT2D eigenvalue weighted by Gasteiger charge is -2.61. The number of hydrogen-bond donors (Lipinski definition) is 2. The molecule has 0 amide bonds. The van der Waals surface area contributed by atoms with Gasteiger partial charge < -0.3 is 14.9 Å². The van der Waals surface area contributed by atoms with Gasteiger partial charge in [-0.05, 0) is 85.9 Å². The molecule has 3 heteroatoms. The van der Waals surface area contributed by atoms with Gasteiger partial charge in [-0.15, -0.1) is 0 Å². The Morgan fingerprint density at radius 1 is 0.958 bits per heavy atom. The average Bonchev–Trinajstić information content (AvgIpc) is 2.85. The third kappa shape index (κ3) is 2.34. The number of hydrogen-bond acceptors (Lipinski definition) is 3. The molecule has 3 nitrogen and oxygen atoms in total. The molecular weight excluding hydrogens is 300 g/mol. The molecule has 0 aliphatic heterocycles. The first kappa shape index (κ1) is 17.3. The summed E-state index contributed by atoms with van der Waals surface area (Å²) in [6.07, 6.45) is 9.14. The molecule has 4 aliphatic carbocycles. The SMILES string of the molecule is COC[C@H]1C[C@@]2(C)[C@@H](CC[C@@H]3[C@@H]2CC[C@]2(C)[C@@H](O)CC[C@@H]32)C[C@H]1O. The fourth-order valence-electron chi connectivity index (χ4n) is 7.78. The molecule has 0 aromatic carbocycles. The zero-order valence-corrected chi connectivity index (χ0v) is 15.7. The minimum Gasteiger partial charge on any atom is -0.393 e. The van der Waals surface area contributed by atoms with Gasteiger partial charge in [-0.1, -0.05) is 13.8 Å². The maximum absolute atomic E-state index is 10.6.